The van der Waals surface area contributed by atoms with Gasteiger partial charge in [0.15, 0.2) is 0 Å². The molecule has 1 fully saturated rings. The number of carbonyl (C=O) groups is 1. The Morgan fingerprint density at radius 3 is 2.80 bits per heavy atom. The topological polar surface area (TPSA) is 86.7 Å². The number of piperazine rings is 1. The van der Waals surface area contributed by atoms with Gasteiger partial charge in [0.2, 0.25) is 0 Å². The molecule has 1 aliphatic heterocycles. The van der Waals surface area contributed by atoms with Crippen LogP contribution >= 0.6 is 0 Å². The van der Waals surface area contributed by atoms with Crippen LogP contribution in [0.25, 0.3) is 0 Å². The maximum atomic E-state index is 11.0. The lowest BCUT2D eigenvalue weighted by molar-refractivity contribution is -0.143. The second kappa shape index (κ2) is 4.91. The van der Waals surface area contributed by atoms with E-state index in [0.717, 1.165) is 6.26 Å². The van der Waals surface area contributed by atoms with Crippen molar-refractivity contribution in [2.24, 2.45) is 0 Å². The zero-order valence-corrected chi connectivity index (χ0v) is 9.46. The van der Waals surface area contributed by atoms with Gasteiger partial charge in [-0.1, -0.05) is 0 Å². The van der Waals surface area contributed by atoms with Crippen molar-refractivity contribution < 1.29 is 18.3 Å². The number of nitrogens with one attached hydrogen (secondary N) is 1. The van der Waals surface area contributed by atoms with Crippen molar-refractivity contribution in [3.63, 3.8) is 0 Å². The largest absolute Gasteiger partial charge is 0.480 e. The Morgan fingerprint density at radius 1 is 1.60 bits per heavy atom. The minimum atomic E-state index is -3.03. The molecule has 1 saturated heterocycles. The lowest BCUT2D eigenvalue weighted by Crippen LogP contribution is -2.55. The summed E-state index contributed by atoms with van der Waals surface area (Å²) < 4.78 is 21.9. The molecule has 1 rings (SSSR count). The predicted molar refractivity (Wildman–Crippen MR) is 55.6 cm³/mol. The van der Waals surface area contributed by atoms with Crippen molar-refractivity contribution in [1.82, 2.24) is 10.2 Å². The first-order valence-electron chi connectivity index (χ1n) is 4.75. The fourth-order valence-electron chi connectivity index (χ4n) is 1.54. The highest BCUT2D eigenvalue weighted by Crippen LogP contribution is 2.03. The van der Waals surface area contributed by atoms with Crippen LogP contribution in [0.4, 0.5) is 0 Å². The van der Waals surface area contributed by atoms with Crippen LogP contribution in [0.1, 0.15) is 0 Å². The second-order valence-corrected chi connectivity index (χ2v) is 5.98. The monoisotopic (exact) mass is 236 g/mol. The minimum absolute atomic E-state index is 0.0107. The molecule has 15 heavy (non-hydrogen) atoms. The lowest BCUT2D eigenvalue weighted by Gasteiger charge is -2.33. The first-order chi connectivity index (χ1) is 6.90. The van der Waals surface area contributed by atoms with E-state index in [1.165, 1.54) is 0 Å². The summed E-state index contributed by atoms with van der Waals surface area (Å²) in [5.74, 6) is -0.896. The van der Waals surface area contributed by atoms with E-state index in [-0.39, 0.29) is 12.3 Å². The van der Waals surface area contributed by atoms with E-state index in [0.29, 0.717) is 19.6 Å². The van der Waals surface area contributed by atoms with Crippen LogP contribution in [-0.4, -0.2) is 68.6 Å². The molecule has 0 spiro atoms. The van der Waals surface area contributed by atoms with Crippen LogP contribution in [0.15, 0.2) is 0 Å². The zero-order valence-electron chi connectivity index (χ0n) is 8.64. The lowest BCUT2D eigenvalue weighted by atomic mass is 10.2. The van der Waals surface area contributed by atoms with Gasteiger partial charge in [0.05, 0.1) is 5.75 Å². The van der Waals surface area contributed by atoms with Crippen LogP contribution in [0.2, 0.25) is 0 Å². The van der Waals surface area contributed by atoms with Gasteiger partial charge in [-0.05, 0) is 0 Å². The first kappa shape index (κ1) is 12.4. The van der Waals surface area contributed by atoms with Crippen molar-refractivity contribution >= 4 is 15.8 Å². The van der Waals surface area contributed by atoms with Gasteiger partial charge in [0, 0.05) is 32.4 Å². The molecule has 0 aromatic rings. The van der Waals surface area contributed by atoms with Gasteiger partial charge in [-0.3, -0.25) is 9.69 Å². The Morgan fingerprint density at radius 2 is 2.27 bits per heavy atom. The van der Waals surface area contributed by atoms with Gasteiger partial charge < -0.3 is 10.4 Å². The van der Waals surface area contributed by atoms with E-state index < -0.39 is 21.8 Å². The third-order valence-electron chi connectivity index (χ3n) is 2.39. The molecule has 88 valence electrons. The Balaban J connectivity index is 2.54. The van der Waals surface area contributed by atoms with Crippen molar-refractivity contribution in [2.45, 2.75) is 6.04 Å². The summed E-state index contributed by atoms with van der Waals surface area (Å²) in [6, 6.07) is -0.611. The molecule has 1 atom stereocenters. The van der Waals surface area contributed by atoms with E-state index in [9.17, 15) is 13.2 Å². The van der Waals surface area contributed by atoms with Crippen LogP contribution in [0, 0.1) is 0 Å². The molecule has 0 radical (unpaired) electrons. The molecule has 2 N–H and O–H groups in total. The van der Waals surface area contributed by atoms with E-state index in [1.54, 1.807) is 4.90 Å². The van der Waals surface area contributed by atoms with Gasteiger partial charge in [0.25, 0.3) is 0 Å². The second-order valence-electron chi connectivity index (χ2n) is 3.72. The molecule has 0 saturated carbocycles. The predicted octanol–water partition coefficient (Wildman–Crippen LogP) is -1.61. The highest BCUT2D eigenvalue weighted by Gasteiger charge is 2.28. The van der Waals surface area contributed by atoms with Gasteiger partial charge in [-0.2, -0.15) is 0 Å². The summed E-state index contributed by atoms with van der Waals surface area (Å²) in [4.78, 5) is 12.6. The third-order valence-corrected chi connectivity index (χ3v) is 3.31. The van der Waals surface area contributed by atoms with E-state index in [1.807, 2.05) is 0 Å². The van der Waals surface area contributed by atoms with Crippen LogP contribution < -0.4 is 5.32 Å². The van der Waals surface area contributed by atoms with E-state index >= 15 is 0 Å². The highest BCUT2D eigenvalue weighted by molar-refractivity contribution is 7.90. The first-order valence-corrected chi connectivity index (χ1v) is 6.81. The van der Waals surface area contributed by atoms with Crippen LogP contribution in [0.3, 0.4) is 0 Å². The maximum absolute atomic E-state index is 11.0. The molecule has 0 aromatic heterocycles. The van der Waals surface area contributed by atoms with Crippen LogP contribution in [0.5, 0.6) is 0 Å². The molecule has 0 aliphatic carbocycles. The molecule has 6 nitrogen and oxygen atoms in total. The van der Waals surface area contributed by atoms with Crippen molar-refractivity contribution in [1.29, 1.82) is 0 Å². The summed E-state index contributed by atoms with van der Waals surface area (Å²) in [6.45, 7) is 1.94. The quantitative estimate of drug-likeness (QED) is 0.610. The van der Waals surface area contributed by atoms with Gasteiger partial charge in [-0.25, -0.2) is 8.42 Å². The molecule has 1 heterocycles. The summed E-state index contributed by atoms with van der Waals surface area (Å²) >= 11 is 0. The Bertz CT molecular complexity index is 328. The molecule has 1 aliphatic rings. The Labute approximate surface area is 89.2 Å². The normalized spacial score (nSPS) is 23.9. The number of rotatable bonds is 4. The van der Waals surface area contributed by atoms with Gasteiger partial charge >= 0.3 is 5.97 Å². The standard InChI is InChI=1S/C8H16N2O4S/c1-15(13,14)5-4-10-3-2-9-6-7(10)8(11)12/h7,9H,2-6H2,1H3,(H,11,12). The van der Waals surface area contributed by atoms with E-state index in [2.05, 4.69) is 5.32 Å². The molecular weight excluding hydrogens is 220 g/mol. The van der Waals surface area contributed by atoms with Gasteiger partial charge in [0.1, 0.15) is 15.9 Å². The Kier molecular flexibility index (Phi) is 4.06. The molecule has 1 unspecified atom stereocenters. The fourth-order valence-corrected chi connectivity index (χ4v) is 2.11. The number of carboxylic acid groups (broad SMARTS) is 1. The number of hydrogen-bond acceptors (Lipinski definition) is 5. The van der Waals surface area contributed by atoms with Crippen molar-refractivity contribution in [2.75, 3.05) is 38.2 Å². The number of sulfone groups is 1. The third kappa shape index (κ3) is 4.15. The molecule has 0 aromatic carbocycles. The molecule has 7 heteroatoms. The summed E-state index contributed by atoms with van der Waals surface area (Å²) in [7, 11) is -3.03. The zero-order chi connectivity index (χ0) is 11.5. The molecule has 0 bridgehead atoms. The minimum Gasteiger partial charge on any atom is -0.480 e. The number of aliphatic carboxylic acids is 1. The summed E-state index contributed by atoms with van der Waals surface area (Å²) in [5.41, 5.74) is 0. The SMILES string of the molecule is CS(=O)(=O)CCN1CCNCC1C(=O)O. The average molecular weight is 236 g/mol. The number of nitrogens with zero attached hydrogens (tertiary/aromatic N) is 1. The summed E-state index contributed by atoms with van der Waals surface area (Å²) in [6.07, 6.45) is 1.16. The molecule has 0 amide bonds. The Hall–Kier alpha value is -0.660. The van der Waals surface area contributed by atoms with Crippen molar-refractivity contribution in [3.8, 4) is 0 Å². The number of hydrogen-bond donors (Lipinski definition) is 2. The molecular formula is C8H16N2O4S. The van der Waals surface area contributed by atoms with Gasteiger partial charge in [-0.15, -0.1) is 0 Å². The van der Waals surface area contributed by atoms with E-state index in [4.69, 9.17) is 5.11 Å². The average Bonchev–Trinajstić information content (AvgIpc) is 2.14. The van der Waals surface area contributed by atoms with Crippen molar-refractivity contribution in [3.05, 3.63) is 0 Å². The smallest absolute Gasteiger partial charge is 0.322 e. The maximum Gasteiger partial charge on any atom is 0.322 e. The van der Waals surface area contributed by atoms with Crippen LogP contribution in [-0.2, 0) is 14.6 Å². The fraction of sp³-hybridized carbons (Fsp3) is 0.875. The highest BCUT2D eigenvalue weighted by atomic mass is 32.2. The summed E-state index contributed by atoms with van der Waals surface area (Å²) in [5, 5.41) is 11.9. The number of carboxylic acids is 1.